The fourth-order valence-electron chi connectivity index (χ4n) is 1.05. The standard InChI is InChI=1S/C7H9F2N2O2/c8-7(9)2-1-5(12)11(4-3-7)6(10)13/h1H,2-4H2,(H2,10,13). The molecule has 0 aliphatic carbocycles. The molecule has 1 aliphatic heterocycles. The molecule has 1 aliphatic rings. The van der Waals surface area contributed by atoms with Crippen molar-refractivity contribution >= 4 is 11.9 Å². The van der Waals surface area contributed by atoms with Crippen molar-refractivity contribution in [2.45, 2.75) is 18.8 Å². The second kappa shape index (κ2) is 3.27. The minimum absolute atomic E-state index is 0.322. The molecule has 0 bridgehead atoms. The molecule has 2 N–H and O–H groups in total. The fourth-order valence-corrected chi connectivity index (χ4v) is 1.05. The number of urea groups is 1. The summed E-state index contributed by atoms with van der Waals surface area (Å²) in [6, 6.07) is -0.987. The van der Waals surface area contributed by atoms with Crippen molar-refractivity contribution in [1.82, 2.24) is 4.90 Å². The van der Waals surface area contributed by atoms with Gasteiger partial charge in [0.05, 0.1) is 6.42 Å². The summed E-state index contributed by atoms with van der Waals surface area (Å²) >= 11 is 0. The number of hydrogen-bond acceptors (Lipinski definition) is 2. The average molecular weight is 191 g/mol. The molecule has 1 heterocycles. The first kappa shape index (κ1) is 9.88. The monoisotopic (exact) mass is 191 g/mol. The van der Waals surface area contributed by atoms with E-state index in [2.05, 4.69) is 0 Å². The van der Waals surface area contributed by atoms with Gasteiger partial charge in [-0.25, -0.2) is 13.6 Å². The lowest BCUT2D eigenvalue weighted by Crippen LogP contribution is -2.40. The number of primary amides is 1. The maximum Gasteiger partial charge on any atom is 0.321 e. The third kappa shape index (κ3) is 2.37. The number of alkyl halides is 2. The van der Waals surface area contributed by atoms with Gasteiger partial charge in [0, 0.05) is 19.4 Å². The summed E-state index contributed by atoms with van der Waals surface area (Å²) in [4.78, 5) is 22.2. The topological polar surface area (TPSA) is 63.4 Å². The predicted molar refractivity (Wildman–Crippen MR) is 39.8 cm³/mol. The van der Waals surface area contributed by atoms with Gasteiger partial charge in [-0.2, -0.15) is 0 Å². The van der Waals surface area contributed by atoms with E-state index < -0.39 is 30.7 Å². The van der Waals surface area contributed by atoms with Crippen LogP contribution in [0.2, 0.25) is 0 Å². The number of hydrogen-bond donors (Lipinski definition) is 1. The number of carbonyl (C=O) groups excluding carboxylic acids is 2. The maximum absolute atomic E-state index is 12.7. The zero-order valence-electron chi connectivity index (χ0n) is 6.80. The second-order valence-corrected chi connectivity index (χ2v) is 2.84. The summed E-state index contributed by atoms with van der Waals surface area (Å²) in [5, 5.41) is 0. The average Bonchev–Trinajstić information content (AvgIpc) is 2.11. The van der Waals surface area contributed by atoms with E-state index in [9.17, 15) is 18.4 Å². The number of halogens is 2. The number of amides is 3. The molecule has 6 heteroatoms. The molecular formula is C7H9F2N2O2. The summed E-state index contributed by atoms with van der Waals surface area (Å²) < 4.78 is 25.4. The van der Waals surface area contributed by atoms with Crippen molar-refractivity contribution < 1.29 is 18.4 Å². The van der Waals surface area contributed by atoms with E-state index in [4.69, 9.17) is 5.73 Å². The van der Waals surface area contributed by atoms with Crippen molar-refractivity contribution in [3.05, 3.63) is 6.42 Å². The molecule has 1 fully saturated rings. The molecule has 0 aromatic carbocycles. The van der Waals surface area contributed by atoms with Crippen LogP contribution in [-0.2, 0) is 4.79 Å². The molecule has 0 saturated carbocycles. The Hall–Kier alpha value is -1.20. The molecule has 13 heavy (non-hydrogen) atoms. The summed E-state index contributed by atoms with van der Waals surface area (Å²) in [5.74, 6) is -3.66. The Morgan fingerprint density at radius 2 is 2.23 bits per heavy atom. The highest BCUT2D eigenvalue weighted by Gasteiger charge is 2.36. The molecular weight excluding hydrogens is 182 g/mol. The van der Waals surface area contributed by atoms with E-state index in [0.29, 0.717) is 4.90 Å². The van der Waals surface area contributed by atoms with Gasteiger partial charge in [0.25, 0.3) is 5.92 Å². The van der Waals surface area contributed by atoms with Gasteiger partial charge in [0.15, 0.2) is 0 Å². The number of imide groups is 1. The summed E-state index contributed by atoms with van der Waals surface area (Å²) in [5.41, 5.74) is 4.82. The van der Waals surface area contributed by atoms with Crippen LogP contribution in [0.15, 0.2) is 0 Å². The number of likely N-dealkylation sites (tertiary alicyclic amines) is 1. The van der Waals surface area contributed by atoms with Crippen LogP contribution < -0.4 is 5.73 Å². The van der Waals surface area contributed by atoms with Gasteiger partial charge in [-0.15, -0.1) is 0 Å². The molecule has 1 saturated heterocycles. The molecule has 73 valence electrons. The first-order chi connectivity index (χ1) is 5.92. The van der Waals surface area contributed by atoms with Gasteiger partial charge in [-0.1, -0.05) is 0 Å². The lowest BCUT2D eigenvalue weighted by molar-refractivity contribution is -0.124. The molecule has 1 radical (unpaired) electrons. The van der Waals surface area contributed by atoms with Crippen molar-refractivity contribution in [3.8, 4) is 0 Å². The Bertz CT molecular complexity index is 243. The van der Waals surface area contributed by atoms with Crippen LogP contribution in [0.1, 0.15) is 12.8 Å². The lowest BCUT2D eigenvalue weighted by Gasteiger charge is -2.15. The molecule has 3 amide bonds. The fraction of sp³-hybridized carbons (Fsp3) is 0.571. The van der Waals surface area contributed by atoms with Gasteiger partial charge in [-0.3, -0.25) is 9.69 Å². The first-order valence-electron chi connectivity index (χ1n) is 3.74. The van der Waals surface area contributed by atoms with Crippen molar-refractivity contribution in [1.29, 1.82) is 0 Å². The van der Waals surface area contributed by atoms with Gasteiger partial charge >= 0.3 is 6.03 Å². The molecule has 1 rings (SSSR count). The largest absolute Gasteiger partial charge is 0.351 e. The quantitative estimate of drug-likeness (QED) is 0.606. The van der Waals surface area contributed by atoms with E-state index in [1.807, 2.05) is 0 Å². The Morgan fingerprint density at radius 1 is 1.62 bits per heavy atom. The number of rotatable bonds is 0. The third-order valence-corrected chi connectivity index (χ3v) is 1.81. The van der Waals surface area contributed by atoms with Crippen LogP contribution in [0.5, 0.6) is 0 Å². The van der Waals surface area contributed by atoms with Crippen molar-refractivity contribution in [2.24, 2.45) is 5.73 Å². The van der Waals surface area contributed by atoms with Gasteiger partial charge in [0.1, 0.15) is 0 Å². The van der Waals surface area contributed by atoms with E-state index >= 15 is 0 Å². The second-order valence-electron chi connectivity index (χ2n) is 2.84. The van der Waals surface area contributed by atoms with Crippen LogP contribution in [-0.4, -0.2) is 29.3 Å². The highest BCUT2D eigenvalue weighted by molar-refractivity contribution is 5.98. The molecule has 0 aromatic rings. The number of nitrogens with zero attached hydrogens (tertiary/aromatic N) is 1. The number of nitrogens with two attached hydrogens (primary N) is 1. The van der Waals surface area contributed by atoms with Crippen LogP contribution >= 0.6 is 0 Å². The molecule has 0 aromatic heterocycles. The third-order valence-electron chi connectivity index (χ3n) is 1.81. The summed E-state index contributed by atoms with van der Waals surface area (Å²) in [6.07, 6.45) is -0.369. The predicted octanol–water partition coefficient (Wildman–Crippen LogP) is 0.527. The zero-order chi connectivity index (χ0) is 10.1. The van der Waals surface area contributed by atoms with Crippen LogP contribution in [0.4, 0.5) is 13.6 Å². The SMILES string of the molecule is NC(=O)N1CCC(F)(F)C[CH]C1=O. The van der Waals surface area contributed by atoms with Crippen LogP contribution in [0, 0.1) is 6.42 Å². The maximum atomic E-state index is 12.7. The van der Waals surface area contributed by atoms with E-state index in [1.54, 1.807) is 0 Å². The van der Waals surface area contributed by atoms with E-state index in [-0.39, 0.29) is 6.54 Å². The molecule has 4 nitrogen and oxygen atoms in total. The van der Waals surface area contributed by atoms with Crippen LogP contribution in [0.3, 0.4) is 0 Å². The Balaban J connectivity index is 2.71. The van der Waals surface area contributed by atoms with Gasteiger partial charge < -0.3 is 5.73 Å². The lowest BCUT2D eigenvalue weighted by atomic mass is 10.1. The zero-order valence-corrected chi connectivity index (χ0v) is 6.80. The van der Waals surface area contributed by atoms with Crippen molar-refractivity contribution in [3.63, 3.8) is 0 Å². The minimum Gasteiger partial charge on any atom is -0.351 e. The van der Waals surface area contributed by atoms with Crippen LogP contribution in [0.25, 0.3) is 0 Å². The highest BCUT2D eigenvalue weighted by atomic mass is 19.3. The molecule has 0 unspecified atom stereocenters. The normalized spacial score (nSPS) is 22.6. The Kier molecular flexibility index (Phi) is 2.49. The Labute approximate surface area is 73.7 Å². The minimum atomic E-state index is -2.92. The van der Waals surface area contributed by atoms with Gasteiger partial charge in [0.2, 0.25) is 5.91 Å². The first-order valence-corrected chi connectivity index (χ1v) is 3.74. The number of carbonyl (C=O) groups is 2. The smallest absolute Gasteiger partial charge is 0.321 e. The summed E-state index contributed by atoms with van der Waals surface area (Å²) in [7, 11) is 0. The molecule has 0 atom stereocenters. The van der Waals surface area contributed by atoms with Gasteiger partial charge in [-0.05, 0) is 0 Å². The Morgan fingerprint density at radius 3 is 2.77 bits per heavy atom. The molecule has 0 spiro atoms. The van der Waals surface area contributed by atoms with E-state index in [1.165, 1.54) is 0 Å². The van der Waals surface area contributed by atoms with Crippen molar-refractivity contribution in [2.75, 3.05) is 6.54 Å². The highest BCUT2D eigenvalue weighted by Crippen LogP contribution is 2.27. The van der Waals surface area contributed by atoms with E-state index in [0.717, 1.165) is 6.42 Å². The summed E-state index contributed by atoms with van der Waals surface area (Å²) in [6.45, 7) is -0.322.